The topological polar surface area (TPSA) is 106 Å². The number of rotatable bonds is 18. The maximum Gasteiger partial charge on any atom is 0.145 e. The molecule has 15 heteroatoms. The molecule has 9 nitrogen and oxygen atoms in total. The number of methoxy groups -OCH3 is 2. The molecule has 0 unspecified atom stereocenters. The fourth-order valence-corrected chi connectivity index (χ4v) is 7.09. The number of nitrogens with zero attached hydrogens (tertiary/aromatic N) is 4. The van der Waals surface area contributed by atoms with Crippen molar-refractivity contribution in [2.24, 2.45) is 0 Å². The summed E-state index contributed by atoms with van der Waals surface area (Å²) >= 11 is 11.7. The van der Waals surface area contributed by atoms with E-state index in [0.717, 1.165) is 132 Å². The number of ether oxygens (including phenoxy) is 2. The third-order valence-corrected chi connectivity index (χ3v) is 9.73. The van der Waals surface area contributed by atoms with Crippen LogP contribution >= 0.6 is 72.8 Å². The summed E-state index contributed by atoms with van der Waals surface area (Å²) < 4.78 is 11.0. The zero-order valence-electron chi connectivity index (χ0n) is 33.1. The van der Waals surface area contributed by atoms with Crippen molar-refractivity contribution >= 4 is 128 Å². The minimum atomic E-state index is 0. The summed E-state index contributed by atoms with van der Waals surface area (Å²) in [5.74, 6) is 2.97. The highest BCUT2D eigenvalue weighted by atomic mass is 35.5. The number of aromatic nitrogens is 2. The quantitative estimate of drug-likeness (QED) is 0.0499. The molecule has 0 saturated heterocycles. The van der Waals surface area contributed by atoms with Gasteiger partial charge in [0.1, 0.15) is 22.5 Å². The molecule has 57 heavy (non-hydrogen) atoms. The Kier molecular flexibility index (Phi) is 27.0. The van der Waals surface area contributed by atoms with Gasteiger partial charge in [0, 0.05) is 59.5 Å². The van der Waals surface area contributed by atoms with Gasteiger partial charge in [-0.15, -0.1) is 72.8 Å². The first-order valence-electron chi connectivity index (χ1n) is 18.3. The van der Waals surface area contributed by atoms with Gasteiger partial charge in [-0.3, -0.25) is 0 Å². The van der Waals surface area contributed by atoms with E-state index in [2.05, 4.69) is 70.7 Å². The predicted octanol–water partition coefficient (Wildman–Crippen LogP) is 10.4. The number of benzene rings is 4. The molecule has 6 aromatic rings. The smallest absolute Gasteiger partial charge is 0.145 e. The molecule has 0 fully saturated rings. The first-order valence-corrected chi connectivity index (χ1v) is 19.4. The molecule has 0 radical (unpaired) electrons. The molecule has 316 valence electrons. The average molecular weight is 908 g/mol. The van der Waals surface area contributed by atoms with Crippen LogP contribution in [0.15, 0.2) is 84.9 Å². The van der Waals surface area contributed by atoms with E-state index in [1.807, 2.05) is 48.5 Å². The van der Waals surface area contributed by atoms with Gasteiger partial charge in [0.25, 0.3) is 0 Å². The highest BCUT2D eigenvalue weighted by molar-refractivity contribution is 6.18. The van der Waals surface area contributed by atoms with Crippen LogP contribution in [0.25, 0.3) is 43.6 Å². The highest BCUT2D eigenvalue weighted by Crippen LogP contribution is 2.36. The zero-order chi connectivity index (χ0) is 36.7. The van der Waals surface area contributed by atoms with Crippen LogP contribution in [0, 0.1) is 0 Å². The number of hydrogen-bond donors (Lipinski definition) is 2. The third-order valence-electron chi connectivity index (χ3n) is 9.39. The summed E-state index contributed by atoms with van der Waals surface area (Å²) in [6.07, 6.45) is 2.12. The molecule has 0 aliphatic heterocycles. The van der Waals surface area contributed by atoms with Gasteiger partial charge < -0.3 is 35.4 Å². The van der Waals surface area contributed by atoms with E-state index in [1.54, 1.807) is 14.2 Å². The summed E-state index contributed by atoms with van der Waals surface area (Å²) in [6.45, 7) is 12.2. The van der Waals surface area contributed by atoms with Crippen molar-refractivity contribution in [3.63, 3.8) is 0 Å². The lowest BCUT2D eigenvalue weighted by molar-refractivity contribution is 0.304. The molecule has 0 amide bonds. The molecule has 2 aromatic heterocycles. The summed E-state index contributed by atoms with van der Waals surface area (Å²) in [4.78, 5) is 14.4. The summed E-state index contributed by atoms with van der Waals surface area (Å²) in [7, 11) is 3.38. The predicted molar refractivity (Wildman–Crippen MR) is 256 cm³/mol. The van der Waals surface area contributed by atoms with Crippen LogP contribution in [0.4, 0.5) is 11.4 Å². The molecule has 0 saturated carbocycles. The standard InChI is InChI=1S/2C21H26ClN3O.4ClH.H2O/c2*1-3-25(15-12-22)14-7-13-23-20-16-8-4-5-10-18(16)24-21-17(20)9-6-11-19(21)26-2;;;;;/h2*4-6,8-11H,3,7,12-15H2,1-2H3,(H,23,24);4*1H;1H2. The molecule has 2 heterocycles. The van der Waals surface area contributed by atoms with Gasteiger partial charge in [-0.05, 0) is 63.3 Å². The third kappa shape index (κ3) is 14.1. The minimum absolute atomic E-state index is 0. The average Bonchev–Trinajstić information content (AvgIpc) is 3.19. The Balaban J connectivity index is 0.00000101. The normalized spacial score (nSPS) is 10.4. The van der Waals surface area contributed by atoms with E-state index in [9.17, 15) is 0 Å². The molecule has 6 rings (SSSR count). The Morgan fingerprint density at radius 2 is 0.895 bits per heavy atom. The number of para-hydroxylation sites is 4. The largest absolute Gasteiger partial charge is 0.494 e. The molecule has 0 aliphatic carbocycles. The zero-order valence-corrected chi connectivity index (χ0v) is 37.8. The van der Waals surface area contributed by atoms with E-state index in [-0.39, 0.29) is 55.1 Å². The number of nitrogens with one attached hydrogen (secondary N) is 2. The summed E-state index contributed by atoms with van der Waals surface area (Å²) in [6, 6.07) is 28.6. The van der Waals surface area contributed by atoms with Crippen LogP contribution in [-0.2, 0) is 0 Å². The molecular formula is C42H58Cl6N6O3. The van der Waals surface area contributed by atoms with Crippen molar-refractivity contribution in [3.8, 4) is 11.5 Å². The van der Waals surface area contributed by atoms with Crippen molar-refractivity contribution < 1.29 is 14.9 Å². The summed E-state index contributed by atoms with van der Waals surface area (Å²) in [5.41, 5.74) is 6.01. The minimum Gasteiger partial charge on any atom is -0.494 e. The molecule has 0 aliphatic rings. The second-order valence-corrected chi connectivity index (χ2v) is 13.3. The molecule has 4 aromatic carbocycles. The van der Waals surface area contributed by atoms with Crippen molar-refractivity contribution in [3.05, 3.63) is 84.9 Å². The Morgan fingerprint density at radius 1 is 0.526 bits per heavy atom. The fraction of sp³-hybridized carbons (Fsp3) is 0.381. The van der Waals surface area contributed by atoms with Crippen molar-refractivity contribution in [2.45, 2.75) is 26.7 Å². The van der Waals surface area contributed by atoms with E-state index >= 15 is 0 Å². The van der Waals surface area contributed by atoms with Crippen LogP contribution < -0.4 is 20.1 Å². The maximum atomic E-state index is 5.87. The molecule has 4 N–H and O–H groups in total. The van der Waals surface area contributed by atoms with Crippen molar-refractivity contribution in [1.82, 2.24) is 19.8 Å². The van der Waals surface area contributed by atoms with E-state index in [4.69, 9.17) is 42.6 Å². The van der Waals surface area contributed by atoms with Crippen molar-refractivity contribution in [1.29, 1.82) is 0 Å². The molecule has 0 bridgehead atoms. The first-order chi connectivity index (χ1) is 25.6. The Labute approximate surface area is 372 Å². The van der Waals surface area contributed by atoms with Gasteiger partial charge in [-0.25, -0.2) is 9.97 Å². The highest BCUT2D eigenvalue weighted by Gasteiger charge is 2.14. The Bertz CT molecular complexity index is 1900. The van der Waals surface area contributed by atoms with Gasteiger partial charge in [0.05, 0.1) is 36.6 Å². The van der Waals surface area contributed by atoms with Gasteiger partial charge in [0.15, 0.2) is 0 Å². The van der Waals surface area contributed by atoms with Crippen LogP contribution in [-0.4, -0.2) is 104 Å². The van der Waals surface area contributed by atoms with Crippen LogP contribution in [0.5, 0.6) is 11.5 Å². The number of fused-ring (bicyclic) bond motifs is 4. The number of anilines is 2. The Hall–Kier alpha value is -2.96. The van der Waals surface area contributed by atoms with Crippen LogP contribution in [0.3, 0.4) is 0 Å². The SMILES string of the molecule is CCN(CCCl)CCCNc1c2ccccc2nc2c(OC)cccc12.CCN(CCCl)CCCNc1c2ccccc2nc2c(OC)cccc12.Cl.Cl.Cl.Cl.O. The Morgan fingerprint density at radius 3 is 1.25 bits per heavy atom. The lowest BCUT2D eigenvalue weighted by atomic mass is 10.1. The lowest BCUT2D eigenvalue weighted by Gasteiger charge is -2.19. The summed E-state index contributed by atoms with van der Waals surface area (Å²) in [5, 5.41) is 11.8. The lowest BCUT2D eigenvalue weighted by Crippen LogP contribution is -2.27. The van der Waals surface area contributed by atoms with Gasteiger partial charge in [-0.2, -0.15) is 0 Å². The van der Waals surface area contributed by atoms with Crippen LogP contribution in [0.1, 0.15) is 26.7 Å². The number of pyridine rings is 2. The fourth-order valence-electron chi connectivity index (χ4n) is 6.61. The number of alkyl halides is 2. The molecule has 0 atom stereocenters. The number of hydrogen-bond acceptors (Lipinski definition) is 8. The maximum absolute atomic E-state index is 5.87. The van der Waals surface area contributed by atoms with Gasteiger partial charge >= 0.3 is 0 Å². The van der Waals surface area contributed by atoms with Gasteiger partial charge in [-0.1, -0.05) is 74.5 Å². The monoisotopic (exact) mass is 904 g/mol. The molecule has 0 spiro atoms. The molecular weight excluding hydrogens is 849 g/mol. The van der Waals surface area contributed by atoms with Crippen LogP contribution in [0.2, 0.25) is 0 Å². The van der Waals surface area contributed by atoms with Gasteiger partial charge in [0.2, 0.25) is 0 Å². The second-order valence-electron chi connectivity index (χ2n) is 12.5. The number of halogens is 6. The van der Waals surface area contributed by atoms with E-state index in [1.165, 1.54) is 0 Å². The van der Waals surface area contributed by atoms with E-state index < -0.39 is 0 Å². The van der Waals surface area contributed by atoms with E-state index in [0.29, 0.717) is 11.8 Å². The first kappa shape index (κ1) is 54.0. The van der Waals surface area contributed by atoms with Crippen molar-refractivity contribution in [2.75, 3.05) is 89.0 Å². The second kappa shape index (κ2) is 28.5.